The van der Waals surface area contributed by atoms with E-state index < -0.39 is 0 Å². The van der Waals surface area contributed by atoms with E-state index in [1.54, 1.807) is 6.92 Å². The Hall–Kier alpha value is -3.17. The molecule has 1 amide bonds. The second-order valence-corrected chi connectivity index (χ2v) is 7.90. The van der Waals surface area contributed by atoms with E-state index in [0.29, 0.717) is 5.56 Å². The van der Waals surface area contributed by atoms with Crippen molar-refractivity contribution in [2.45, 2.75) is 38.0 Å². The van der Waals surface area contributed by atoms with Gasteiger partial charge in [-0.1, -0.05) is 30.3 Å². The van der Waals surface area contributed by atoms with Gasteiger partial charge in [-0.25, -0.2) is 0 Å². The van der Waals surface area contributed by atoms with E-state index in [4.69, 9.17) is 5.26 Å². The largest absolute Gasteiger partial charge is 0.370 e. The molecule has 2 heterocycles. The monoisotopic (exact) mass is 437 g/mol. The fourth-order valence-corrected chi connectivity index (χ4v) is 4.41. The van der Waals surface area contributed by atoms with Crippen molar-refractivity contribution < 1.29 is 4.79 Å². The van der Waals surface area contributed by atoms with Gasteiger partial charge in [-0.3, -0.25) is 4.79 Å². The Morgan fingerprint density at radius 2 is 1.94 bits per heavy atom. The molecule has 0 saturated carbocycles. The van der Waals surface area contributed by atoms with E-state index in [9.17, 15) is 4.79 Å². The fraction of sp³-hybridized carbons (Fsp3) is 0.333. The van der Waals surface area contributed by atoms with Gasteiger partial charge in [-0.2, -0.15) is 5.26 Å². The van der Waals surface area contributed by atoms with Gasteiger partial charge >= 0.3 is 0 Å². The van der Waals surface area contributed by atoms with Gasteiger partial charge in [0.05, 0.1) is 23.7 Å². The average molecular weight is 438 g/mol. The molecule has 6 nitrogen and oxygen atoms in total. The lowest BCUT2D eigenvalue weighted by molar-refractivity contribution is -0.120. The van der Waals surface area contributed by atoms with Crippen molar-refractivity contribution in [1.29, 1.82) is 5.26 Å². The summed E-state index contributed by atoms with van der Waals surface area (Å²) in [5.74, 6) is 0.0120. The molecule has 0 aliphatic carbocycles. The van der Waals surface area contributed by atoms with Crippen molar-refractivity contribution in [2.75, 3.05) is 18.0 Å². The van der Waals surface area contributed by atoms with Crippen LogP contribution in [0.25, 0.3) is 0 Å². The van der Waals surface area contributed by atoms with Crippen LogP contribution in [0.3, 0.4) is 0 Å². The first-order valence-corrected chi connectivity index (χ1v) is 10.4. The summed E-state index contributed by atoms with van der Waals surface area (Å²) in [6, 6.07) is 20.6. The van der Waals surface area contributed by atoms with Crippen LogP contribution in [0.1, 0.15) is 24.5 Å². The van der Waals surface area contributed by atoms with Crippen LogP contribution in [-0.2, 0) is 11.2 Å². The maximum absolute atomic E-state index is 11.9. The minimum absolute atomic E-state index is 0. The number of nitrogens with zero attached hydrogens (tertiary/aromatic N) is 3. The van der Waals surface area contributed by atoms with Crippen LogP contribution in [-0.4, -0.2) is 42.1 Å². The molecule has 2 aromatic rings. The Labute approximate surface area is 189 Å². The zero-order chi connectivity index (χ0) is 20.9. The number of piperidine rings is 1. The number of nitrogens with one attached hydrogen (secondary N) is 2. The molecule has 2 aliphatic heterocycles. The van der Waals surface area contributed by atoms with Crippen molar-refractivity contribution in [3.05, 3.63) is 78.1 Å². The number of anilines is 1. The zero-order valence-electron chi connectivity index (χ0n) is 17.6. The van der Waals surface area contributed by atoms with Crippen LogP contribution in [0.4, 0.5) is 5.69 Å². The fourth-order valence-electron chi connectivity index (χ4n) is 4.41. The smallest absolute Gasteiger partial charge is 0.217 e. The van der Waals surface area contributed by atoms with Gasteiger partial charge < -0.3 is 20.4 Å². The summed E-state index contributed by atoms with van der Waals surface area (Å²) in [7, 11) is 0. The number of amides is 1. The highest BCUT2D eigenvalue weighted by Crippen LogP contribution is 2.26. The molecule has 1 saturated heterocycles. The SMILES string of the molecule is CC(=O)NC1CCN(c2ccccc2)CC1N1C=CNC1Cc1ccc(C#N)cc1.Cl. The highest BCUT2D eigenvalue weighted by molar-refractivity contribution is 5.85. The molecule has 4 rings (SSSR count). The number of hydrogen-bond donors (Lipinski definition) is 2. The number of nitriles is 1. The Bertz CT molecular complexity index is 941. The number of para-hydroxylation sites is 1. The molecule has 0 radical (unpaired) electrons. The summed E-state index contributed by atoms with van der Waals surface area (Å²) in [5.41, 5.74) is 3.06. The van der Waals surface area contributed by atoms with E-state index in [2.05, 4.69) is 57.0 Å². The second kappa shape index (κ2) is 10.2. The molecule has 162 valence electrons. The Kier molecular flexibility index (Phi) is 7.43. The molecule has 1 fully saturated rings. The van der Waals surface area contributed by atoms with Gasteiger partial charge in [0, 0.05) is 44.5 Å². The number of rotatable bonds is 5. The summed E-state index contributed by atoms with van der Waals surface area (Å²) < 4.78 is 0. The lowest BCUT2D eigenvalue weighted by Crippen LogP contribution is -2.61. The third-order valence-corrected chi connectivity index (χ3v) is 5.88. The van der Waals surface area contributed by atoms with Gasteiger partial charge in [-0.15, -0.1) is 12.4 Å². The van der Waals surface area contributed by atoms with Gasteiger partial charge in [0.15, 0.2) is 0 Å². The Morgan fingerprint density at radius 3 is 2.61 bits per heavy atom. The molecule has 2 aliphatic rings. The van der Waals surface area contributed by atoms with Crippen LogP contribution in [0, 0.1) is 11.3 Å². The lowest BCUT2D eigenvalue weighted by atomic mass is 9.96. The predicted molar refractivity (Wildman–Crippen MR) is 125 cm³/mol. The number of hydrogen-bond acceptors (Lipinski definition) is 5. The van der Waals surface area contributed by atoms with E-state index in [-0.39, 0.29) is 36.6 Å². The molecular formula is C24H28ClN5O. The van der Waals surface area contributed by atoms with E-state index >= 15 is 0 Å². The van der Waals surface area contributed by atoms with Crippen LogP contribution >= 0.6 is 12.4 Å². The minimum atomic E-state index is 0. The molecule has 2 aromatic carbocycles. The molecule has 0 aromatic heterocycles. The maximum Gasteiger partial charge on any atom is 0.217 e. The van der Waals surface area contributed by atoms with Crippen LogP contribution in [0.2, 0.25) is 0 Å². The quantitative estimate of drug-likeness (QED) is 0.752. The molecule has 7 heteroatoms. The third-order valence-electron chi connectivity index (χ3n) is 5.88. The first kappa shape index (κ1) is 22.5. The Morgan fingerprint density at radius 1 is 1.19 bits per heavy atom. The summed E-state index contributed by atoms with van der Waals surface area (Å²) in [4.78, 5) is 16.6. The maximum atomic E-state index is 11.9. The van der Waals surface area contributed by atoms with Crippen molar-refractivity contribution in [3.8, 4) is 6.07 Å². The van der Waals surface area contributed by atoms with E-state index in [0.717, 1.165) is 25.9 Å². The van der Waals surface area contributed by atoms with Crippen LogP contribution in [0.5, 0.6) is 0 Å². The predicted octanol–water partition coefficient (Wildman–Crippen LogP) is 3.01. The summed E-state index contributed by atoms with van der Waals surface area (Å²) in [5, 5.41) is 15.7. The standard InChI is InChI=1S/C24H27N5O.ClH/c1-18(30)27-22-11-13-28(21-5-3-2-4-6-21)17-23(22)29-14-12-26-24(29)15-19-7-9-20(16-25)10-8-19;/h2-10,12,14,22-24,26H,11,13,15,17H2,1H3,(H,27,30);1H. The van der Waals surface area contributed by atoms with Gasteiger partial charge in [-0.05, 0) is 36.2 Å². The normalized spacial score (nSPS) is 22.3. The highest BCUT2D eigenvalue weighted by Gasteiger charge is 2.37. The zero-order valence-corrected chi connectivity index (χ0v) is 18.4. The molecule has 3 atom stereocenters. The molecule has 0 bridgehead atoms. The second-order valence-electron chi connectivity index (χ2n) is 7.90. The average Bonchev–Trinajstić information content (AvgIpc) is 3.22. The minimum Gasteiger partial charge on any atom is -0.370 e. The molecule has 0 spiro atoms. The summed E-state index contributed by atoms with van der Waals surface area (Å²) >= 11 is 0. The molecular weight excluding hydrogens is 410 g/mol. The first-order valence-electron chi connectivity index (χ1n) is 10.4. The summed E-state index contributed by atoms with van der Waals surface area (Å²) in [6.07, 6.45) is 5.90. The van der Waals surface area contributed by atoms with Gasteiger partial charge in [0.2, 0.25) is 5.91 Å². The van der Waals surface area contributed by atoms with Crippen molar-refractivity contribution in [1.82, 2.24) is 15.5 Å². The molecule has 31 heavy (non-hydrogen) atoms. The highest BCUT2D eigenvalue weighted by atomic mass is 35.5. The Balaban J connectivity index is 0.00000272. The number of benzene rings is 2. The van der Waals surface area contributed by atoms with E-state index in [1.807, 2.05) is 36.5 Å². The van der Waals surface area contributed by atoms with Gasteiger partial charge in [0.25, 0.3) is 0 Å². The van der Waals surface area contributed by atoms with E-state index in [1.165, 1.54) is 11.3 Å². The van der Waals surface area contributed by atoms with Crippen molar-refractivity contribution in [3.63, 3.8) is 0 Å². The van der Waals surface area contributed by atoms with Gasteiger partial charge in [0.1, 0.15) is 6.17 Å². The van der Waals surface area contributed by atoms with Crippen molar-refractivity contribution in [2.24, 2.45) is 0 Å². The number of halogens is 1. The third kappa shape index (κ3) is 5.31. The molecule has 3 unspecified atom stereocenters. The lowest BCUT2D eigenvalue weighted by Gasteiger charge is -2.45. The first-order chi connectivity index (χ1) is 14.6. The van der Waals surface area contributed by atoms with Crippen molar-refractivity contribution >= 4 is 24.0 Å². The van der Waals surface area contributed by atoms with Crippen LogP contribution in [0.15, 0.2) is 67.0 Å². The van der Waals surface area contributed by atoms with Crippen LogP contribution < -0.4 is 15.5 Å². The topological polar surface area (TPSA) is 71.4 Å². The molecule has 2 N–H and O–H groups in total. The summed E-state index contributed by atoms with van der Waals surface area (Å²) in [6.45, 7) is 3.34. The number of carbonyl (C=O) groups is 1. The number of carbonyl (C=O) groups excluding carboxylic acids is 1.